The molecule has 0 aromatic heterocycles. The van der Waals surface area contributed by atoms with Crippen molar-refractivity contribution in [1.82, 2.24) is 0 Å². The summed E-state index contributed by atoms with van der Waals surface area (Å²) in [6, 6.07) is 0. The number of aliphatic hydroxyl groups is 3. The van der Waals surface area contributed by atoms with E-state index in [4.69, 9.17) is 4.74 Å². The summed E-state index contributed by atoms with van der Waals surface area (Å²) in [5, 5.41) is 31.3. The summed E-state index contributed by atoms with van der Waals surface area (Å²) < 4.78 is 5.69. The maximum Gasteiger partial charge on any atom is 0.107 e. The van der Waals surface area contributed by atoms with Gasteiger partial charge in [0.1, 0.15) is 22.4 Å². The Bertz CT molecular complexity index is 446. The molecule has 4 aliphatic carbocycles. The van der Waals surface area contributed by atoms with Crippen molar-refractivity contribution in [2.45, 2.75) is 48.8 Å². The first-order chi connectivity index (χ1) is 6.83. The monoisotopic (exact) mass is 210 g/mol. The van der Waals surface area contributed by atoms with E-state index in [0.29, 0.717) is 6.42 Å². The number of hydrogen-bond acceptors (Lipinski definition) is 4. The zero-order valence-corrected chi connectivity index (χ0v) is 8.69. The van der Waals surface area contributed by atoms with E-state index in [-0.39, 0.29) is 23.4 Å². The van der Waals surface area contributed by atoms with Gasteiger partial charge in [0.2, 0.25) is 0 Å². The second-order valence-electron chi connectivity index (χ2n) is 6.36. The lowest BCUT2D eigenvalue weighted by Crippen LogP contribution is -3.22. The van der Waals surface area contributed by atoms with Crippen molar-refractivity contribution in [3.05, 3.63) is 0 Å². The van der Waals surface area contributed by atoms with Gasteiger partial charge in [-0.25, -0.2) is 0 Å². The fraction of sp³-hybridized carbons (Fsp3) is 1.00. The smallest absolute Gasteiger partial charge is 0.107 e. The summed E-state index contributed by atoms with van der Waals surface area (Å²) in [5.74, 6) is -0.311. The lowest BCUT2D eigenvalue weighted by atomic mass is 9.02. The third kappa shape index (κ3) is 0.290. The quantitative estimate of drug-likeness (QED) is 0.480. The molecule has 5 aliphatic rings. The summed E-state index contributed by atoms with van der Waals surface area (Å²) in [6.45, 7) is 3.82. The van der Waals surface area contributed by atoms with Crippen LogP contribution in [0.15, 0.2) is 0 Å². The van der Waals surface area contributed by atoms with Gasteiger partial charge in [0.25, 0.3) is 0 Å². The Balaban J connectivity index is 1.82. The Labute approximate surface area is 86.9 Å². The van der Waals surface area contributed by atoms with E-state index in [1.165, 1.54) is 0 Å². The van der Waals surface area contributed by atoms with Gasteiger partial charge in [0.05, 0.1) is 11.5 Å². The van der Waals surface area contributed by atoms with Crippen LogP contribution in [0.3, 0.4) is 0 Å². The van der Waals surface area contributed by atoms with Crippen LogP contribution in [-0.4, -0.2) is 43.8 Å². The van der Waals surface area contributed by atoms with Gasteiger partial charge in [0, 0.05) is 11.8 Å². The van der Waals surface area contributed by atoms with Crippen molar-refractivity contribution in [3.8, 4) is 0 Å². The number of hydrogen-bond donors (Lipinski definition) is 3. The van der Waals surface area contributed by atoms with Crippen LogP contribution < -0.4 is 0 Å². The lowest BCUT2D eigenvalue weighted by Gasteiger charge is -3.07. The summed E-state index contributed by atoms with van der Waals surface area (Å²) in [5.41, 5.74) is -3.80. The number of rotatable bonds is 0. The molecule has 15 heavy (non-hydrogen) atoms. The molecule has 1 saturated heterocycles. The molecule has 1 heterocycles. The molecule has 3 N–H and O–H groups in total. The highest BCUT2D eigenvalue weighted by Crippen LogP contribution is 3.01. The second-order valence-corrected chi connectivity index (χ2v) is 6.36. The standard InChI is InChI=1S/C11H14O4/c1-4-9-6-10(13,7(9,2)15-4)5-3-8(9,12)11(5,6)14/h4-6,12-14H,3H2,1-2H3. The molecular formula is C11H14O4. The third-order valence-electron chi connectivity index (χ3n) is 6.85. The Kier molecular flexibility index (Phi) is 0.730. The predicted octanol–water partition coefficient (Wildman–Crippen LogP) is -0.980. The lowest BCUT2D eigenvalue weighted by molar-refractivity contribution is -0.707. The van der Waals surface area contributed by atoms with Crippen molar-refractivity contribution < 1.29 is 20.1 Å². The molecular weight excluding hydrogens is 196 g/mol. The molecule has 1 aliphatic heterocycles. The first-order valence-corrected chi connectivity index (χ1v) is 5.68. The molecule has 4 saturated carbocycles. The molecule has 5 rings (SSSR count). The fourth-order valence-electron chi connectivity index (χ4n) is 6.57. The van der Waals surface area contributed by atoms with Crippen molar-refractivity contribution in [2.75, 3.05) is 0 Å². The Hall–Kier alpha value is -0.160. The minimum Gasteiger partial charge on any atom is -0.386 e. The summed E-state index contributed by atoms with van der Waals surface area (Å²) in [6.07, 6.45) is 0.499. The zero-order chi connectivity index (χ0) is 10.6. The SMILES string of the molecule is CC1OC2(C)C3(O)C4CC5(O)C4(O)C3C152. The van der Waals surface area contributed by atoms with Crippen LogP contribution in [0.2, 0.25) is 0 Å². The molecule has 4 heteroatoms. The topological polar surface area (TPSA) is 69.9 Å². The second kappa shape index (κ2) is 1.37. The van der Waals surface area contributed by atoms with E-state index in [9.17, 15) is 15.3 Å². The fourth-order valence-corrected chi connectivity index (χ4v) is 6.57. The van der Waals surface area contributed by atoms with Crippen molar-refractivity contribution in [3.63, 3.8) is 0 Å². The summed E-state index contributed by atoms with van der Waals surface area (Å²) >= 11 is 0. The highest BCUT2D eigenvalue weighted by molar-refractivity contribution is 5.64. The summed E-state index contributed by atoms with van der Waals surface area (Å²) in [4.78, 5) is 0. The van der Waals surface area contributed by atoms with E-state index in [2.05, 4.69) is 0 Å². The van der Waals surface area contributed by atoms with Gasteiger partial charge in [-0.1, -0.05) is 0 Å². The molecule has 82 valence electrons. The van der Waals surface area contributed by atoms with Crippen LogP contribution in [0.5, 0.6) is 0 Å². The van der Waals surface area contributed by atoms with Gasteiger partial charge >= 0.3 is 0 Å². The van der Waals surface area contributed by atoms with Gasteiger partial charge in [-0.2, -0.15) is 0 Å². The van der Waals surface area contributed by atoms with Crippen molar-refractivity contribution in [1.29, 1.82) is 0 Å². The van der Waals surface area contributed by atoms with Gasteiger partial charge in [-0.3, -0.25) is 0 Å². The molecule has 8 atom stereocenters. The average Bonchev–Trinajstić information content (AvgIpc) is 2.18. The molecule has 5 fully saturated rings. The molecule has 0 aromatic rings. The maximum atomic E-state index is 10.5. The van der Waals surface area contributed by atoms with E-state index < -0.39 is 22.4 Å². The maximum absolute atomic E-state index is 10.5. The normalized spacial score (nSPS) is 89.8. The first kappa shape index (κ1) is 8.01. The first-order valence-electron chi connectivity index (χ1n) is 5.68. The molecule has 4 nitrogen and oxygen atoms in total. The third-order valence-corrected chi connectivity index (χ3v) is 6.85. The van der Waals surface area contributed by atoms with Crippen LogP contribution in [0.4, 0.5) is 0 Å². The largest absolute Gasteiger partial charge is 0.386 e. The molecule has 1 spiro atoms. The van der Waals surface area contributed by atoms with Crippen LogP contribution in [-0.2, 0) is 4.74 Å². The average molecular weight is 210 g/mol. The van der Waals surface area contributed by atoms with Gasteiger partial charge in [0.15, 0.2) is 0 Å². The highest BCUT2D eigenvalue weighted by atomic mass is 16.6. The zero-order valence-electron chi connectivity index (χ0n) is 8.69. The van der Waals surface area contributed by atoms with Gasteiger partial charge in [-0.05, 0) is 20.3 Å². The van der Waals surface area contributed by atoms with Gasteiger partial charge < -0.3 is 20.1 Å². The van der Waals surface area contributed by atoms with Crippen molar-refractivity contribution in [2.24, 2.45) is 17.3 Å². The van der Waals surface area contributed by atoms with Gasteiger partial charge in [-0.15, -0.1) is 0 Å². The van der Waals surface area contributed by atoms with E-state index in [0.717, 1.165) is 0 Å². The molecule has 0 radical (unpaired) electrons. The molecule has 0 bridgehead atoms. The highest BCUT2D eigenvalue weighted by Gasteiger charge is 3.16. The Morgan fingerprint density at radius 2 is 1.87 bits per heavy atom. The Morgan fingerprint density at radius 3 is 2.33 bits per heavy atom. The predicted molar refractivity (Wildman–Crippen MR) is 47.8 cm³/mol. The minimum absolute atomic E-state index is 0.0423. The summed E-state index contributed by atoms with van der Waals surface area (Å²) in [7, 11) is 0. The Morgan fingerprint density at radius 1 is 1.20 bits per heavy atom. The van der Waals surface area contributed by atoms with Crippen LogP contribution in [0, 0.1) is 17.3 Å². The van der Waals surface area contributed by atoms with E-state index in [1.54, 1.807) is 0 Å². The molecule has 8 unspecified atom stereocenters. The number of ether oxygens (including phenoxy) is 1. The molecule has 0 amide bonds. The van der Waals surface area contributed by atoms with Crippen LogP contribution >= 0.6 is 0 Å². The van der Waals surface area contributed by atoms with E-state index >= 15 is 0 Å². The van der Waals surface area contributed by atoms with Crippen LogP contribution in [0.1, 0.15) is 20.3 Å². The minimum atomic E-state index is -0.987. The van der Waals surface area contributed by atoms with Crippen molar-refractivity contribution >= 4 is 0 Å². The van der Waals surface area contributed by atoms with E-state index in [1.807, 2.05) is 13.8 Å². The van der Waals surface area contributed by atoms with Crippen LogP contribution in [0.25, 0.3) is 0 Å². The number of fused-ring (bicyclic) bond motifs is 2. The molecule has 0 aromatic carbocycles.